The molecule has 0 fully saturated rings. The van der Waals surface area contributed by atoms with Gasteiger partial charge in [-0.05, 0) is 17.7 Å². The van der Waals surface area contributed by atoms with Crippen molar-refractivity contribution in [2.45, 2.75) is 12.7 Å². The number of hydrogen-bond donors (Lipinski definition) is 0. The van der Waals surface area contributed by atoms with E-state index in [0.29, 0.717) is 10.0 Å². The highest BCUT2D eigenvalue weighted by Gasteiger charge is 2.23. The Morgan fingerprint density at radius 3 is 2.63 bits per heavy atom. The second kappa shape index (κ2) is 6.47. The van der Waals surface area contributed by atoms with Crippen LogP contribution < -0.4 is 0 Å². The molecule has 0 bridgehead atoms. The SMILES string of the molecule is COC(=O)C(C)CS(=O)(=O)Cc1ccc(F)cc1Br. The Bertz CT molecular complexity index is 571. The predicted molar refractivity (Wildman–Crippen MR) is 72.8 cm³/mol. The van der Waals surface area contributed by atoms with Crippen LogP contribution in [0.1, 0.15) is 12.5 Å². The summed E-state index contributed by atoms with van der Waals surface area (Å²) >= 11 is 3.11. The first kappa shape index (κ1) is 16.1. The van der Waals surface area contributed by atoms with Gasteiger partial charge in [-0.15, -0.1) is 0 Å². The van der Waals surface area contributed by atoms with Gasteiger partial charge in [0.25, 0.3) is 0 Å². The number of sulfone groups is 1. The lowest BCUT2D eigenvalue weighted by atomic mass is 10.2. The fourth-order valence-corrected chi connectivity index (χ4v) is 4.00. The third-order valence-electron chi connectivity index (χ3n) is 2.50. The molecule has 1 unspecified atom stereocenters. The number of rotatable bonds is 5. The molecule has 0 heterocycles. The first-order chi connectivity index (χ1) is 8.75. The summed E-state index contributed by atoms with van der Waals surface area (Å²) < 4.78 is 41.7. The molecule has 0 aliphatic carbocycles. The molecule has 0 aromatic heterocycles. The number of halogens is 2. The van der Waals surface area contributed by atoms with Crippen LogP contribution in [0, 0.1) is 11.7 Å². The zero-order valence-electron chi connectivity index (χ0n) is 10.5. The first-order valence-corrected chi connectivity index (χ1v) is 8.09. The van der Waals surface area contributed by atoms with Crippen LogP contribution in [0.2, 0.25) is 0 Å². The minimum Gasteiger partial charge on any atom is -0.469 e. The number of carbonyl (C=O) groups is 1. The molecule has 1 rings (SSSR count). The van der Waals surface area contributed by atoms with E-state index in [9.17, 15) is 17.6 Å². The van der Waals surface area contributed by atoms with Crippen LogP contribution in [-0.2, 0) is 25.1 Å². The average Bonchev–Trinajstić information content (AvgIpc) is 2.31. The lowest BCUT2D eigenvalue weighted by Gasteiger charge is -2.10. The van der Waals surface area contributed by atoms with E-state index in [4.69, 9.17) is 0 Å². The number of carbonyl (C=O) groups excluding carboxylic acids is 1. The van der Waals surface area contributed by atoms with Crippen molar-refractivity contribution in [3.63, 3.8) is 0 Å². The molecule has 0 amide bonds. The van der Waals surface area contributed by atoms with Gasteiger partial charge in [-0.1, -0.05) is 28.9 Å². The van der Waals surface area contributed by atoms with Gasteiger partial charge in [0.2, 0.25) is 0 Å². The molecule has 0 saturated heterocycles. The molecule has 19 heavy (non-hydrogen) atoms. The molecule has 1 atom stereocenters. The second-order valence-corrected chi connectivity index (χ2v) is 7.18. The second-order valence-electron chi connectivity index (χ2n) is 4.21. The molecule has 0 aliphatic rings. The Hall–Kier alpha value is -0.950. The molecular weight excluding hydrogens is 339 g/mol. The van der Waals surface area contributed by atoms with E-state index in [1.54, 1.807) is 0 Å². The van der Waals surface area contributed by atoms with Gasteiger partial charge >= 0.3 is 5.97 Å². The summed E-state index contributed by atoms with van der Waals surface area (Å²) in [7, 11) is -2.27. The number of esters is 1. The molecule has 0 saturated carbocycles. The highest BCUT2D eigenvalue weighted by Crippen LogP contribution is 2.21. The van der Waals surface area contributed by atoms with E-state index < -0.39 is 27.5 Å². The van der Waals surface area contributed by atoms with Crippen LogP contribution in [0.15, 0.2) is 22.7 Å². The number of ether oxygens (including phenoxy) is 1. The summed E-state index contributed by atoms with van der Waals surface area (Å²) in [6.07, 6.45) is 0. The topological polar surface area (TPSA) is 60.4 Å². The van der Waals surface area contributed by atoms with Gasteiger partial charge in [-0.2, -0.15) is 0 Å². The third-order valence-corrected chi connectivity index (χ3v) is 4.99. The van der Waals surface area contributed by atoms with Gasteiger partial charge in [0.1, 0.15) is 5.82 Å². The third kappa shape index (κ3) is 4.91. The van der Waals surface area contributed by atoms with Crippen molar-refractivity contribution in [1.29, 1.82) is 0 Å². The lowest BCUT2D eigenvalue weighted by molar-refractivity contribution is -0.144. The van der Waals surface area contributed by atoms with Crippen molar-refractivity contribution in [3.05, 3.63) is 34.1 Å². The van der Waals surface area contributed by atoms with Gasteiger partial charge in [0.05, 0.1) is 24.5 Å². The molecule has 106 valence electrons. The van der Waals surface area contributed by atoms with E-state index >= 15 is 0 Å². The lowest BCUT2D eigenvalue weighted by Crippen LogP contribution is -2.23. The Balaban J connectivity index is 2.82. The normalized spacial score (nSPS) is 13.1. The Labute approximate surface area is 120 Å². The van der Waals surface area contributed by atoms with E-state index in [0.717, 1.165) is 0 Å². The molecule has 1 aromatic carbocycles. The number of benzene rings is 1. The zero-order chi connectivity index (χ0) is 14.6. The van der Waals surface area contributed by atoms with Gasteiger partial charge in [0, 0.05) is 4.47 Å². The van der Waals surface area contributed by atoms with E-state index in [1.165, 1.54) is 32.2 Å². The average molecular weight is 353 g/mol. The maximum atomic E-state index is 12.9. The largest absolute Gasteiger partial charge is 0.469 e. The predicted octanol–water partition coefficient (Wildman–Crippen LogP) is 2.31. The van der Waals surface area contributed by atoms with Crippen molar-refractivity contribution in [1.82, 2.24) is 0 Å². The van der Waals surface area contributed by atoms with Crippen molar-refractivity contribution in [2.24, 2.45) is 5.92 Å². The molecule has 7 heteroatoms. The van der Waals surface area contributed by atoms with Crippen LogP contribution in [0.4, 0.5) is 4.39 Å². The quantitative estimate of drug-likeness (QED) is 0.763. The maximum absolute atomic E-state index is 12.9. The minimum atomic E-state index is -3.48. The maximum Gasteiger partial charge on any atom is 0.309 e. The van der Waals surface area contributed by atoms with Crippen LogP contribution in [-0.4, -0.2) is 27.2 Å². The highest BCUT2D eigenvalue weighted by atomic mass is 79.9. The molecule has 0 radical (unpaired) electrons. The molecule has 0 aliphatic heterocycles. The van der Waals surface area contributed by atoms with Crippen LogP contribution in [0.5, 0.6) is 0 Å². The molecule has 0 spiro atoms. The van der Waals surface area contributed by atoms with E-state index in [1.807, 2.05) is 0 Å². The standard InChI is InChI=1S/C12H14BrFO4S/c1-8(12(15)18-2)6-19(16,17)7-9-3-4-10(14)5-11(9)13/h3-5,8H,6-7H2,1-2H3. The summed E-state index contributed by atoms with van der Waals surface area (Å²) in [5.74, 6) is -2.30. The van der Waals surface area contributed by atoms with Crippen LogP contribution in [0.3, 0.4) is 0 Å². The monoisotopic (exact) mass is 352 g/mol. The van der Waals surface area contributed by atoms with E-state index in [2.05, 4.69) is 20.7 Å². The fraction of sp³-hybridized carbons (Fsp3) is 0.417. The number of hydrogen-bond acceptors (Lipinski definition) is 4. The molecule has 1 aromatic rings. The summed E-state index contributed by atoms with van der Waals surface area (Å²) in [6.45, 7) is 1.49. The zero-order valence-corrected chi connectivity index (χ0v) is 12.9. The van der Waals surface area contributed by atoms with Gasteiger partial charge in [-0.25, -0.2) is 12.8 Å². The van der Waals surface area contributed by atoms with Crippen LogP contribution >= 0.6 is 15.9 Å². The Morgan fingerprint density at radius 2 is 2.11 bits per heavy atom. The van der Waals surface area contributed by atoms with Crippen molar-refractivity contribution in [3.8, 4) is 0 Å². The van der Waals surface area contributed by atoms with Crippen molar-refractivity contribution < 1.29 is 22.3 Å². The molecule has 0 N–H and O–H groups in total. The number of methoxy groups -OCH3 is 1. The summed E-state index contributed by atoms with van der Waals surface area (Å²) in [5, 5.41) is 0. The van der Waals surface area contributed by atoms with Crippen molar-refractivity contribution >= 4 is 31.7 Å². The summed E-state index contributed by atoms with van der Waals surface area (Å²) in [6, 6.07) is 3.80. The summed E-state index contributed by atoms with van der Waals surface area (Å²) in [4.78, 5) is 11.2. The molecule has 4 nitrogen and oxygen atoms in total. The van der Waals surface area contributed by atoms with Gasteiger partial charge in [-0.3, -0.25) is 4.79 Å². The van der Waals surface area contributed by atoms with Crippen LogP contribution in [0.25, 0.3) is 0 Å². The smallest absolute Gasteiger partial charge is 0.309 e. The van der Waals surface area contributed by atoms with E-state index in [-0.39, 0.29) is 11.5 Å². The fourth-order valence-electron chi connectivity index (χ4n) is 1.58. The Morgan fingerprint density at radius 1 is 1.47 bits per heavy atom. The first-order valence-electron chi connectivity index (χ1n) is 5.47. The van der Waals surface area contributed by atoms with Crippen molar-refractivity contribution in [2.75, 3.05) is 12.9 Å². The van der Waals surface area contributed by atoms with Gasteiger partial charge in [0.15, 0.2) is 9.84 Å². The Kier molecular flexibility index (Phi) is 5.49. The van der Waals surface area contributed by atoms with Gasteiger partial charge < -0.3 is 4.74 Å². The molecular formula is C12H14BrFO4S. The highest BCUT2D eigenvalue weighted by molar-refractivity contribution is 9.10. The minimum absolute atomic E-state index is 0.255. The summed E-state index contributed by atoms with van der Waals surface area (Å²) in [5.41, 5.74) is 0.457.